The molecule has 1 fully saturated rings. The van der Waals surface area contributed by atoms with Gasteiger partial charge in [-0.3, -0.25) is 9.48 Å². The van der Waals surface area contributed by atoms with E-state index >= 15 is 0 Å². The van der Waals surface area contributed by atoms with Gasteiger partial charge < -0.3 is 15.4 Å². The lowest BCUT2D eigenvalue weighted by atomic mass is 9.94. The number of hydrogen-bond acceptors (Lipinski definition) is 4. The van der Waals surface area contributed by atoms with E-state index in [0.29, 0.717) is 13.0 Å². The number of ether oxygens (including phenoxy) is 1. The van der Waals surface area contributed by atoms with Crippen LogP contribution < -0.4 is 15.4 Å². The SMILES string of the molecule is Cn1nccc1[C@@H]1NC(=O)CC[C@H]1NCC1=Cc2ccccc2OC1. The normalized spacial score (nSPS) is 22.6. The Balaban J connectivity index is 1.47. The maximum Gasteiger partial charge on any atom is 0.220 e. The zero-order valence-electron chi connectivity index (χ0n) is 14.2. The Labute approximate surface area is 146 Å². The molecule has 0 aliphatic carbocycles. The first kappa shape index (κ1) is 15.9. The number of hydrogen-bond donors (Lipinski definition) is 2. The lowest BCUT2D eigenvalue weighted by molar-refractivity contribution is -0.124. The zero-order chi connectivity index (χ0) is 17.2. The zero-order valence-corrected chi connectivity index (χ0v) is 14.2. The lowest BCUT2D eigenvalue weighted by Crippen LogP contribution is -2.49. The van der Waals surface area contributed by atoms with E-state index < -0.39 is 0 Å². The summed E-state index contributed by atoms with van der Waals surface area (Å²) in [6, 6.07) is 10.1. The van der Waals surface area contributed by atoms with Gasteiger partial charge in [-0.25, -0.2) is 0 Å². The second-order valence-corrected chi connectivity index (χ2v) is 6.58. The van der Waals surface area contributed by atoms with E-state index in [1.54, 1.807) is 6.20 Å². The van der Waals surface area contributed by atoms with Gasteiger partial charge in [-0.15, -0.1) is 0 Å². The lowest BCUT2D eigenvalue weighted by Gasteiger charge is -2.33. The van der Waals surface area contributed by atoms with Crippen molar-refractivity contribution in [2.75, 3.05) is 13.2 Å². The van der Waals surface area contributed by atoms with Crippen molar-refractivity contribution in [3.8, 4) is 5.75 Å². The van der Waals surface area contributed by atoms with E-state index in [1.165, 1.54) is 5.57 Å². The number of rotatable bonds is 4. The first-order valence-electron chi connectivity index (χ1n) is 8.62. The number of nitrogens with one attached hydrogen (secondary N) is 2. The molecule has 0 radical (unpaired) electrons. The fourth-order valence-electron chi connectivity index (χ4n) is 3.52. The molecule has 1 aromatic carbocycles. The van der Waals surface area contributed by atoms with Crippen molar-refractivity contribution in [1.29, 1.82) is 0 Å². The van der Waals surface area contributed by atoms with Gasteiger partial charge in [-0.2, -0.15) is 5.10 Å². The molecule has 0 saturated carbocycles. The molecule has 2 N–H and O–H groups in total. The average Bonchev–Trinajstić information content (AvgIpc) is 3.06. The molecular formula is C19H22N4O2. The number of nitrogens with zero attached hydrogens (tertiary/aromatic N) is 2. The van der Waals surface area contributed by atoms with Crippen LogP contribution >= 0.6 is 0 Å². The Morgan fingerprint density at radius 2 is 2.24 bits per heavy atom. The van der Waals surface area contributed by atoms with Gasteiger partial charge >= 0.3 is 0 Å². The molecular weight excluding hydrogens is 316 g/mol. The van der Waals surface area contributed by atoms with Crippen molar-refractivity contribution in [1.82, 2.24) is 20.4 Å². The van der Waals surface area contributed by atoms with Crippen LogP contribution in [-0.2, 0) is 11.8 Å². The van der Waals surface area contributed by atoms with Crippen molar-refractivity contribution in [2.45, 2.75) is 24.9 Å². The molecule has 6 nitrogen and oxygen atoms in total. The molecule has 0 bridgehead atoms. The summed E-state index contributed by atoms with van der Waals surface area (Å²) in [5.41, 5.74) is 3.34. The molecule has 0 spiro atoms. The van der Waals surface area contributed by atoms with E-state index in [1.807, 2.05) is 36.0 Å². The van der Waals surface area contributed by atoms with Crippen molar-refractivity contribution < 1.29 is 9.53 Å². The number of carbonyl (C=O) groups excluding carboxylic acids is 1. The number of aryl methyl sites for hydroxylation is 1. The maximum atomic E-state index is 11.9. The molecule has 2 aliphatic rings. The number of benzene rings is 1. The highest BCUT2D eigenvalue weighted by Gasteiger charge is 2.31. The Hall–Kier alpha value is -2.60. The standard InChI is InChI=1S/C19H22N4O2/c1-23-16(8-9-21-23)19-15(6-7-18(24)22-19)20-11-13-10-14-4-2-3-5-17(14)25-12-13/h2-5,8-10,15,19-20H,6-7,11-12H2,1H3,(H,22,24)/t15-,19-/m1/s1. The summed E-state index contributed by atoms with van der Waals surface area (Å²) >= 11 is 0. The number of piperidine rings is 1. The molecule has 0 unspecified atom stereocenters. The van der Waals surface area contributed by atoms with Gasteiger partial charge in [-0.05, 0) is 30.2 Å². The number of amides is 1. The molecule has 130 valence electrons. The molecule has 1 amide bonds. The van der Waals surface area contributed by atoms with Crippen LogP contribution in [0, 0.1) is 0 Å². The third-order valence-electron chi connectivity index (χ3n) is 4.86. The van der Waals surface area contributed by atoms with Crippen molar-refractivity contribution in [3.63, 3.8) is 0 Å². The quantitative estimate of drug-likeness (QED) is 0.892. The molecule has 4 rings (SSSR count). The fourth-order valence-corrected chi connectivity index (χ4v) is 3.52. The van der Waals surface area contributed by atoms with Gasteiger partial charge in [0.2, 0.25) is 5.91 Å². The Kier molecular flexibility index (Phi) is 4.28. The first-order chi connectivity index (χ1) is 12.2. The molecule has 2 atom stereocenters. The van der Waals surface area contributed by atoms with Crippen LogP contribution in [0.3, 0.4) is 0 Å². The highest BCUT2D eigenvalue weighted by molar-refractivity contribution is 5.77. The van der Waals surface area contributed by atoms with E-state index in [-0.39, 0.29) is 18.0 Å². The first-order valence-corrected chi connectivity index (χ1v) is 8.62. The van der Waals surface area contributed by atoms with Gasteiger partial charge in [0.05, 0.1) is 11.7 Å². The van der Waals surface area contributed by atoms with Crippen LogP contribution in [0.25, 0.3) is 6.08 Å². The summed E-state index contributed by atoms with van der Waals surface area (Å²) in [6.45, 7) is 1.34. The van der Waals surface area contributed by atoms with Crippen LogP contribution in [0.2, 0.25) is 0 Å². The molecule has 1 saturated heterocycles. The average molecular weight is 338 g/mol. The summed E-state index contributed by atoms with van der Waals surface area (Å²) in [5.74, 6) is 1.03. The predicted octanol–water partition coefficient (Wildman–Crippen LogP) is 1.81. The van der Waals surface area contributed by atoms with Gasteiger partial charge in [-0.1, -0.05) is 18.2 Å². The van der Waals surface area contributed by atoms with Gasteiger partial charge in [0.1, 0.15) is 12.4 Å². The number of fused-ring (bicyclic) bond motifs is 1. The van der Waals surface area contributed by atoms with E-state index in [4.69, 9.17) is 4.74 Å². The Morgan fingerprint density at radius 3 is 3.08 bits per heavy atom. The van der Waals surface area contributed by atoms with E-state index in [9.17, 15) is 4.79 Å². The molecule has 25 heavy (non-hydrogen) atoms. The number of carbonyl (C=O) groups is 1. The third-order valence-corrected chi connectivity index (χ3v) is 4.86. The number of para-hydroxylation sites is 1. The summed E-state index contributed by atoms with van der Waals surface area (Å²) in [4.78, 5) is 11.9. The maximum absolute atomic E-state index is 11.9. The van der Waals surface area contributed by atoms with Gasteiger partial charge in [0.15, 0.2) is 0 Å². The summed E-state index contributed by atoms with van der Waals surface area (Å²) in [7, 11) is 1.90. The second kappa shape index (κ2) is 6.72. The smallest absolute Gasteiger partial charge is 0.220 e. The monoisotopic (exact) mass is 338 g/mol. The van der Waals surface area contributed by atoms with Crippen molar-refractivity contribution in [2.24, 2.45) is 7.05 Å². The molecule has 3 heterocycles. The Bertz CT molecular complexity index is 811. The predicted molar refractivity (Wildman–Crippen MR) is 95.0 cm³/mol. The fraction of sp³-hybridized carbons (Fsp3) is 0.368. The number of aromatic nitrogens is 2. The van der Waals surface area contributed by atoms with Crippen LogP contribution in [0.5, 0.6) is 5.75 Å². The summed E-state index contributed by atoms with van der Waals surface area (Å²) < 4.78 is 7.64. The van der Waals surface area contributed by atoms with E-state index in [2.05, 4.69) is 27.9 Å². The third kappa shape index (κ3) is 3.30. The van der Waals surface area contributed by atoms with Crippen LogP contribution in [0.4, 0.5) is 0 Å². The van der Waals surface area contributed by atoms with Gasteiger partial charge in [0.25, 0.3) is 0 Å². The molecule has 1 aromatic heterocycles. The van der Waals surface area contributed by atoms with E-state index in [0.717, 1.165) is 30.0 Å². The van der Waals surface area contributed by atoms with Crippen LogP contribution in [-0.4, -0.2) is 34.9 Å². The van der Waals surface area contributed by atoms with Gasteiger partial charge in [0, 0.05) is 37.8 Å². The highest BCUT2D eigenvalue weighted by atomic mass is 16.5. The van der Waals surface area contributed by atoms with Crippen molar-refractivity contribution in [3.05, 3.63) is 53.4 Å². The van der Waals surface area contributed by atoms with Crippen molar-refractivity contribution >= 4 is 12.0 Å². The molecule has 6 heteroatoms. The summed E-state index contributed by atoms with van der Waals surface area (Å²) in [5, 5.41) is 10.9. The molecule has 2 aliphatic heterocycles. The minimum absolute atomic E-state index is 0.0638. The highest BCUT2D eigenvalue weighted by Crippen LogP contribution is 2.27. The summed E-state index contributed by atoms with van der Waals surface area (Å²) in [6.07, 6.45) is 5.31. The molecule has 2 aromatic rings. The largest absolute Gasteiger partial charge is 0.489 e. The topological polar surface area (TPSA) is 68.2 Å². The van der Waals surface area contributed by atoms with Crippen LogP contribution in [0.15, 0.2) is 42.1 Å². The minimum atomic E-state index is -0.0638. The van der Waals surface area contributed by atoms with Crippen LogP contribution in [0.1, 0.15) is 30.1 Å². The minimum Gasteiger partial charge on any atom is -0.489 e. The Morgan fingerprint density at radius 1 is 1.36 bits per heavy atom. The second-order valence-electron chi connectivity index (χ2n) is 6.58.